The number of aryl methyl sites for hydroxylation is 2. The van der Waals surface area contributed by atoms with Gasteiger partial charge in [0.15, 0.2) is 17.5 Å². The van der Waals surface area contributed by atoms with Crippen LogP contribution in [0.5, 0.6) is 0 Å². The van der Waals surface area contributed by atoms with Crippen molar-refractivity contribution in [3.8, 4) is 0 Å². The number of anilines is 6. The van der Waals surface area contributed by atoms with Crippen molar-refractivity contribution in [2.75, 3.05) is 80.5 Å². The van der Waals surface area contributed by atoms with Gasteiger partial charge < -0.3 is 35.5 Å². The summed E-state index contributed by atoms with van der Waals surface area (Å²) in [5.74, 6) is 2.79. The molecule has 2 saturated carbocycles. The van der Waals surface area contributed by atoms with Gasteiger partial charge >= 0.3 is 0 Å². The van der Waals surface area contributed by atoms with E-state index in [1.54, 1.807) is 6.20 Å². The number of hydrogen-bond acceptors (Lipinski definition) is 19. The minimum absolute atomic E-state index is 0.0774. The van der Waals surface area contributed by atoms with Gasteiger partial charge in [-0.25, -0.2) is 4.68 Å². The summed E-state index contributed by atoms with van der Waals surface area (Å²) in [6.07, 6.45) is 16.1. The summed E-state index contributed by atoms with van der Waals surface area (Å²) in [6.45, 7) is 12.4. The Morgan fingerprint density at radius 2 is 1.19 bits per heavy atom. The Morgan fingerprint density at radius 1 is 0.625 bits per heavy atom. The first-order chi connectivity index (χ1) is 31.5. The maximum absolute atomic E-state index is 6.03. The lowest BCUT2D eigenvalue weighted by Crippen LogP contribution is -2.46. The molecule has 3 saturated heterocycles. The zero-order valence-corrected chi connectivity index (χ0v) is 38.4. The van der Waals surface area contributed by atoms with Crippen LogP contribution in [0.4, 0.5) is 33.5 Å². The van der Waals surface area contributed by atoms with Crippen molar-refractivity contribution in [1.29, 1.82) is 0 Å². The van der Waals surface area contributed by atoms with Crippen molar-refractivity contribution >= 4 is 78.7 Å². The van der Waals surface area contributed by atoms with Crippen LogP contribution in [0, 0.1) is 13.8 Å². The molecule has 0 amide bonds. The van der Waals surface area contributed by atoms with Crippen LogP contribution in [0.15, 0.2) is 24.5 Å². The molecule has 3 aliphatic heterocycles. The van der Waals surface area contributed by atoms with Gasteiger partial charge in [-0.05, 0) is 120 Å². The van der Waals surface area contributed by atoms with Gasteiger partial charge in [-0.3, -0.25) is 14.9 Å². The number of H-pyrrole nitrogens is 1. The molecule has 2 aliphatic carbocycles. The van der Waals surface area contributed by atoms with Crippen molar-refractivity contribution in [2.45, 2.75) is 115 Å². The highest BCUT2D eigenvalue weighted by atomic mass is 32.1. The molecule has 5 N–H and O–H groups in total. The topological polar surface area (TPSA) is 206 Å². The molecule has 19 nitrogen and oxygen atoms in total. The van der Waals surface area contributed by atoms with Crippen LogP contribution in [0.3, 0.4) is 0 Å². The summed E-state index contributed by atoms with van der Waals surface area (Å²) < 4.78 is 27.7. The van der Waals surface area contributed by atoms with E-state index >= 15 is 0 Å². The first-order valence-corrected chi connectivity index (χ1v) is 24.7. The third-order valence-corrected chi connectivity index (χ3v) is 14.7. The number of ether oxygens (including phenoxy) is 3. The van der Waals surface area contributed by atoms with Gasteiger partial charge in [-0.1, -0.05) is 0 Å². The fourth-order valence-corrected chi connectivity index (χ4v) is 11.0. The predicted molar refractivity (Wildman–Crippen MR) is 250 cm³/mol. The molecule has 21 heteroatoms. The number of morpholine rings is 2. The molecule has 0 spiro atoms. The monoisotopic (exact) mass is 912 g/mol. The van der Waals surface area contributed by atoms with Crippen LogP contribution in [-0.2, 0) is 14.2 Å². The minimum Gasteiger partial charge on any atom is -0.379 e. The molecule has 1 unspecified atom stereocenters. The molecule has 9 heterocycles. The molecule has 6 aromatic heterocycles. The zero-order valence-electron chi connectivity index (χ0n) is 36.8. The zero-order chi connectivity index (χ0) is 43.2. The highest BCUT2D eigenvalue weighted by molar-refractivity contribution is 7.10. The van der Waals surface area contributed by atoms with E-state index in [4.69, 9.17) is 34.3 Å². The number of aromatic amines is 1. The highest BCUT2D eigenvalue weighted by Gasteiger charge is 2.30. The molecular formula is C43H60N16O3S2. The molecule has 342 valence electrons. The standard InChI is InChI=1S/C24H34N8O2S.C19H26N8OS/c1-16-14-20(35-30-16)27-24-28-22(19-15-25-32(23(19)29-24)21-4-2-3-11-34-21)26-17-5-7-18(8-6-17)31-9-12-33-13-10-31;1-12-10-16(29-26-12)22-19-23-17(15-11-20-25-18(15)24-19)21-13-2-4-14(5-3-13)27-6-8-28-9-7-27/h14-15,17-18,21H,2-13H2,1H3,(H2,26,27,28,29);10-11,13-14H,2-9H2,1H3,(H3,20,21,22,23,24,25). The fraction of sp³-hybridized carbons (Fsp3) is 0.628. The molecule has 11 rings (SSSR count). The number of nitrogens with zero attached hydrogens (tertiary/aromatic N) is 11. The second-order valence-electron chi connectivity index (χ2n) is 17.6. The molecule has 6 aromatic rings. The normalized spacial score (nSPS) is 24.9. The maximum Gasteiger partial charge on any atom is 0.231 e. The van der Waals surface area contributed by atoms with E-state index in [0.717, 1.165) is 159 Å². The lowest BCUT2D eigenvalue weighted by atomic mass is 9.90. The van der Waals surface area contributed by atoms with E-state index in [1.807, 2.05) is 36.9 Å². The minimum atomic E-state index is -0.0774. The van der Waals surface area contributed by atoms with Gasteiger partial charge in [0.2, 0.25) is 11.9 Å². The number of rotatable bonds is 11. The SMILES string of the molecule is Cc1cc(Nc2nc(NC3CCC(N4CCOCC4)CC3)c3cn[nH]c3n2)sn1.Cc1cc(Nc2nc(NC3CCC(N4CCOCC4)CC3)c3cnn(C4CCCCO4)c3n2)sn1. The average molecular weight is 913 g/mol. The molecule has 0 aromatic carbocycles. The van der Waals surface area contributed by atoms with Crippen LogP contribution in [0.1, 0.15) is 88.2 Å². The quantitative estimate of drug-likeness (QED) is 0.0887. The molecule has 5 fully saturated rings. The third-order valence-electron chi connectivity index (χ3n) is 13.1. The number of hydrogen-bond donors (Lipinski definition) is 5. The van der Waals surface area contributed by atoms with Gasteiger partial charge in [0.05, 0.1) is 61.0 Å². The van der Waals surface area contributed by atoms with Crippen molar-refractivity contribution in [1.82, 2.24) is 58.5 Å². The third kappa shape index (κ3) is 10.4. The van der Waals surface area contributed by atoms with E-state index in [2.05, 4.69) is 55.0 Å². The van der Waals surface area contributed by atoms with Crippen LogP contribution in [0.25, 0.3) is 22.1 Å². The first kappa shape index (κ1) is 43.3. The van der Waals surface area contributed by atoms with E-state index in [1.165, 1.54) is 48.7 Å². The molecule has 0 bridgehead atoms. The smallest absolute Gasteiger partial charge is 0.231 e. The fourth-order valence-electron chi connectivity index (χ4n) is 9.73. The highest BCUT2D eigenvalue weighted by Crippen LogP contribution is 2.34. The van der Waals surface area contributed by atoms with Gasteiger partial charge in [0.25, 0.3) is 0 Å². The molecular weight excluding hydrogens is 853 g/mol. The number of aromatic nitrogens is 10. The number of fused-ring (bicyclic) bond motifs is 2. The first-order valence-electron chi connectivity index (χ1n) is 23.1. The van der Waals surface area contributed by atoms with Crippen LogP contribution >= 0.6 is 23.1 Å². The summed E-state index contributed by atoms with van der Waals surface area (Å²) in [5, 5.41) is 29.6. The molecule has 1 atom stereocenters. The Balaban J connectivity index is 0.000000154. The number of nitrogens with one attached hydrogen (secondary N) is 5. The summed E-state index contributed by atoms with van der Waals surface area (Å²) >= 11 is 2.82. The summed E-state index contributed by atoms with van der Waals surface area (Å²) in [5.41, 5.74) is 3.50. The van der Waals surface area contributed by atoms with Gasteiger partial charge in [-0.15, -0.1) is 0 Å². The van der Waals surface area contributed by atoms with E-state index < -0.39 is 0 Å². The van der Waals surface area contributed by atoms with Crippen LogP contribution in [0.2, 0.25) is 0 Å². The molecule has 5 aliphatic rings. The van der Waals surface area contributed by atoms with Crippen molar-refractivity contribution in [3.05, 3.63) is 35.9 Å². The lowest BCUT2D eigenvalue weighted by Gasteiger charge is -2.39. The van der Waals surface area contributed by atoms with Gasteiger partial charge in [0, 0.05) is 57.0 Å². The second-order valence-corrected chi connectivity index (χ2v) is 19.2. The van der Waals surface area contributed by atoms with E-state index in [0.29, 0.717) is 36.1 Å². The van der Waals surface area contributed by atoms with Crippen LogP contribution in [-0.4, -0.2) is 142 Å². The van der Waals surface area contributed by atoms with Crippen LogP contribution < -0.4 is 21.3 Å². The Labute approximate surface area is 381 Å². The maximum atomic E-state index is 6.03. The van der Waals surface area contributed by atoms with Crippen molar-refractivity contribution in [3.63, 3.8) is 0 Å². The Kier molecular flexibility index (Phi) is 13.7. The molecule has 64 heavy (non-hydrogen) atoms. The summed E-state index contributed by atoms with van der Waals surface area (Å²) in [6, 6.07) is 6.16. The summed E-state index contributed by atoms with van der Waals surface area (Å²) in [4.78, 5) is 24.2. The van der Waals surface area contributed by atoms with E-state index in [9.17, 15) is 0 Å². The van der Waals surface area contributed by atoms with E-state index in [-0.39, 0.29) is 6.23 Å². The largest absolute Gasteiger partial charge is 0.379 e. The Hall–Kier alpha value is -4.64. The molecule has 0 radical (unpaired) electrons. The van der Waals surface area contributed by atoms with Crippen molar-refractivity contribution in [2.24, 2.45) is 0 Å². The van der Waals surface area contributed by atoms with Crippen molar-refractivity contribution < 1.29 is 14.2 Å². The van der Waals surface area contributed by atoms with Gasteiger partial charge in [0.1, 0.15) is 21.6 Å². The Morgan fingerprint density at radius 3 is 1.72 bits per heavy atom. The lowest BCUT2D eigenvalue weighted by molar-refractivity contribution is -0.0370. The second kappa shape index (κ2) is 20.3. The van der Waals surface area contributed by atoms with Gasteiger partial charge in [-0.2, -0.15) is 38.9 Å². The predicted octanol–water partition coefficient (Wildman–Crippen LogP) is 7.01. The Bertz CT molecular complexity index is 2420. The average Bonchev–Trinajstić information content (AvgIpc) is 4.17. The summed E-state index contributed by atoms with van der Waals surface area (Å²) in [7, 11) is 0.